The van der Waals surface area contributed by atoms with Gasteiger partial charge in [0.25, 0.3) is 0 Å². The molecule has 0 aliphatic rings. The van der Waals surface area contributed by atoms with Gasteiger partial charge >= 0.3 is 0 Å². The fraction of sp³-hybridized carbons (Fsp3) is 0. The summed E-state index contributed by atoms with van der Waals surface area (Å²) in [4.78, 5) is -0.960. The van der Waals surface area contributed by atoms with Gasteiger partial charge in [0.1, 0.15) is 0 Å². The predicted octanol–water partition coefficient (Wildman–Crippen LogP) is 1.90. The van der Waals surface area contributed by atoms with E-state index in [0.29, 0.717) is 0 Å². The number of nitrogens with one attached hydrogen (secondary N) is 1. The van der Waals surface area contributed by atoms with Gasteiger partial charge in [-0.1, -0.05) is 0 Å². The molecule has 18 heavy (non-hydrogen) atoms. The largest absolute Gasteiger partial charge is 0.399 e. The number of rotatable bonds is 3. The van der Waals surface area contributed by atoms with Gasteiger partial charge in [0, 0.05) is 5.69 Å². The number of hydrogen-bond acceptors (Lipinski definition) is 5. The molecule has 0 saturated heterocycles. The highest BCUT2D eigenvalue weighted by molar-refractivity contribution is 7.91. The van der Waals surface area contributed by atoms with Crippen molar-refractivity contribution in [1.82, 2.24) is 0 Å². The number of anilines is 2. The Bertz CT molecular complexity index is 809. The van der Waals surface area contributed by atoms with Crippen LogP contribution >= 0.6 is 0 Å². The summed E-state index contributed by atoms with van der Waals surface area (Å²) in [5, 5.41) is 8.72. The summed E-state index contributed by atoms with van der Waals surface area (Å²) in [6.07, 6.45) is 0. The Hall–Kier alpha value is -2.05. The normalized spacial score (nSPS) is 14.3. The first-order chi connectivity index (χ1) is 10.2. The van der Waals surface area contributed by atoms with Crippen molar-refractivity contribution in [2.75, 3.05) is 11.2 Å². The van der Waals surface area contributed by atoms with Crippen LogP contribution in [-0.2, 0) is 9.84 Å². The lowest BCUT2D eigenvalue weighted by atomic mass is 10.3. The van der Waals surface area contributed by atoms with Crippen LogP contribution in [0.25, 0.3) is 0 Å². The Morgan fingerprint density at radius 1 is 1.06 bits per heavy atom. The molecule has 0 bridgehead atoms. The Labute approximate surface area is 110 Å². The van der Waals surface area contributed by atoms with Crippen LogP contribution < -0.4 is 11.2 Å². The predicted molar refractivity (Wildman–Crippen MR) is 68.2 cm³/mol. The molecule has 94 valence electrons. The third-order valence-electron chi connectivity index (χ3n) is 2.18. The van der Waals surface area contributed by atoms with Crippen LogP contribution in [0.5, 0.6) is 0 Å². The molecule has 0 amide bonds. The summed E-state index contributed by atoms with van der Waals surface area (Å²) in [5.41, 5.74) is 7.13. The van der Waals surface area contributed by atoms with Gasteiger partial charge in [0.2, 0.25) is 9.84 Å². The van der Waals surface area contributed by atoms with E-state index in [1.807, 2.05) is 5.48 Å². The highest BCUT2D eigenvalue weighted by Crippen LogP contribution is 2.22. The summed E-state index contributed by atoms with van der Waals surface area (Å²) < 4.78 is 55.8. The molecule has 0 aliphatic heterocycles. The molecule has 0 saturated carbocycles. The van der Waals surface area contributed by atoms with Crippen LogP contribution in [0, 0.1) is 0 Å². The first-order valence-electron chi connectivity index (χ1n) is 6.83. The van der Waals surface area contributed by atoms with Crippen LogP contribution in [0.2, 0.25) is 0 Å². The SMILES string of the molecule is [2H]c1c([2H])c(S(=O)(=O)c2ccc(NO)cc2)c([2H])c([2H])c1N. The minimum absolute atomic E-state index is 0.225. The molecule has 6 heteroatoms. The van der Waals surface area contributed by atoms with E-state index in [0.717, 1.165) is 0 Å². The van der Waals surface area contributed by atoms with Gasteiger partial charge in [-0.15, -0.1) is 0 Å². The minimum atomic E-state index is -4.27. The molecule has 0 unspecified atom stereocenters. The molecular formula is C12H12N2O3S. The topological polar surface area (TPSA) is 92.4 Å². The van der Waals surface area contributed by atoms with Gasteiger partial charge in [-0.05, 0) is 48.4 Å². The standard InChI is InChI=1S/C12H12N2O3S/c13-9-1-5-11(6-2-9)18(16,17)12-7-3-10(14-15)4-8-12/h1-8,14-15H,13H2/i1D,2D,5D,6D. The summed E-state index contributed by atoms with van der Waals surface area (Å²) >= 11 is 0. The minimum Gasteiger partial charge on any atom is -0.399 e. The molecule has 0 spiro atoms. The average molecular weight is 268 g/mol. The van der Waals surface area contributed by atoms with Gasteiger partial charge in [-0.2, -0.15) is 0 Å². The number of nitrogens with two attached hydrogens (primary N) is 1. The van der Waals surface area contributed by atoms with Crippen LogP contribution in [0.15, 0.2) is 58.2 Å². The molecule has 2 rings (SSSR count). The van der Waals surface area contributed by atoms with E-state index in [4.69, 9.17) is 16.4 Å². The van der Waals surface area contributed by atoms with Crippen molar-refractivity contribution in [1.29, 1.82) is 0 Å². The maximum absolute atomic E-state index is 12.6. The van der Waals surface area contributed by atoms with Crippen molar-refractivity contribution in [3.05, 3.63) is 48.4 Å². The first kappa shape index (κ1) is 8.12. The maximum Gasteiger partial charge on any atom is 0.206 e. The van der Waals surface area contributed by atoms with E-state index in [1.165, 1.54) is 24.3 Å². The van der Waals surface area contributed by atoms with E-state index in [1.54, 1.807) is 0 Å². The third kappa shape index (κ3) is 2.29. The van der Waals surface area contributed by atoms with Crippen molar-refractivity contribution in [2.45, 2.75) is 9.79 Å². The Morgan fingerprint density at radius 2 is 1.61 bits per heavy atom. The molecule has 2 aromatic carbocycles. The number of hydrogen-bond donors (Lipinski definition) is 3. The van der Waals surface area contributed by atoms with Gasteiger partial charge < -0.3 is 5.73 Å². The van der Waals surface area contributed by atoms with E-state index in [-0.39, 0.29) is 10.6 Å². The van der Waals surface area contributed by atoms with E-state index in [9.17, 15) is 8.42 Å². The van der Waals surface area contributed by atoms with Crippen molar-refractivity contribution in [3.63, 3.8) is 0 Å². The monoisotopic (exact) mass is 268 g/mol. The van der Waals surface area contributed by atoms with E-state index >= 15 is 0 Å². The molecule has 0 fully saturated rings. The summed E-state index contributed by atoms with van der Waals surface area (Å²) in [5.74, 6) is 0. The number of nitrogen functional groups attached to an aromatic ring is 1. The fourth-order valence-electron chi connectivity index (χ4n) is 1.27. The zero-order valence-corrected chi connectivity index (χ0v) is 9.88. The quantitative estimate of drug-likeness (QED) is 0.584. The molecule has 0 aromatic heterocycles. The van der Waals surface area contributed by atoms with E-state index in [2.05, 4.69) is 0 Å². The van der Waals surface area contributed by atoms with E-state index < -0.39 is 44.6 Å². The van der Waals surface area contributed by atoms with Crippen LogP contribution in [-0.4, -0.2) is 13.6 Å². The Kier molecular flexibility index (Phi) is 2.11. The second kappa shape index (κ2) is 4.67. The zero-order chi connectivity index (χ0) is 16.7. The lowest BCUT2D eigenvalue weighted by molar-refractivity contribution is 0.389. The van der Waals surface area contributed by atoms with Crippen molar-refractivity contribution < 1.29 is 19.1 Å². The lowest BCUT2D eigenvalue weighted by Crippen LogP contribution is -2.02. The second-order valence-electron chi connectivity index (χ2n) is 3.38. The number of sulfone groups is 1. The fourth-order valence-corrected chi connectivity index (χ4v) is 2.37. The smallest absolute Gasteiger partial charge is 0.206 e. The zero-order valence-electron chi connectivity index (χ0n) is 13.1. The van der Waals surface area contributed by atoms with Crippen molar-refractivity contribution in [3.8, 4) is 0 Å². The molecule has 5 nitrogen and oxygen atoms in total. The molecule has 0 radical (unpaired) electrons. The van der Waals surface area contributed by atoms with Gasteiger partial charge in [-0.3, -0.25) is 10.7 Å². The molecular weight excluding hydrogens is 252 g/mol. The summed E-state index contributed by atoms with van der Waals surface area (Å²) in [6.45, 7) is 0. The van der Waals surface area contributed by atoms with Crippen LogP contribution in [0.3, 0.4) is 0 Å². The Morgan fingerprint density at radius 3 is 2.11 bits per heavy atom. The molecule has 2 aromatic rings. The van der Waals surface area contributed by atoms with Crippen molar-refractivity contribution >= 4 is 21.2 Å². The first-order valence-corrected chi connectivity index (χ1v) is 6.31. The molecule has 4 N–H and O–H groups in total. The van der Waals surface area contributed by atoms with Gasteiger partial charge in [-0.25, -0.2) is 8.42 Å². The Balaban J connectivity index is 2.73. The third-order valence-corrected chi connectivity index (χ3v) is 3.82. The lowest BCUT2D eigenvalue weighted by Gasteiger charge is -2.06. The maximum atomic E-state index is 12.6. The van der Waals surface area contributed by atoms with Crippen LogP contribution in [0.4, 0.5) is 11.4 Å². The second-order valence-corrected chi connectivity index (χ2v) is 5.27. The molecule has 0 heterocycles. The highest BCUT2D eigenvalue weighted by atomic mass is 32.2. The van der Waals surface area contributed by atoms with Gasteiger partial charge in [0.15, 0.2) is 0 Å². The van der Waals surface area contributed by atoms with Crippen molar-refractivity contribution in [2.24, 2.45) is 0 Å². The number of benzene rings is 2. The van der Waals surface area contributed by atoms with Crippen LogP contribution in [0.1, 0.15) is 5.48 Å². The summed E-state index contributed by atoms with van der Waals surface area (Å²) in [7, 11) is -4.27. The highest BCUT2D eigenvalue weighted by Gasteiger charge is 2.16. The summed E-state index contributed by atoms with van der Waals surface area (Å²) in [6, 6.07) is 2.29. The molecule has 0 aliphatic carbocycles. The average Bonchev–Trinajstić information content (AvgIpc) is 2.51. The molecule has 0 atom stereocenters. The van der Waals surface area contributed by atoms with Gasteiger partial charge in [0.05, 0.1) is 21.0 Å².